The first kappa shape index (κ1) is 15.4. The monoisotopic (exact) mass is 296 g/mol. The second-order valence-corrected chi connectivity index (χ2v) is 6.97. The van der Waals surface area contributed by atoms with Crippen LogP contribution in [0.25, 0.3) is 0 Å². The molecule has 0 bridgehead atoms. The van der Waals surface area contributed by atoms with Gasteiger partial charge in [-0.3, -0.25) is 4.79 Å². The Bertz CT molecular complexity index is 482. The Morgan fingerprint density at radius 3 is 2.75 bits per heavy atom. The molecule has 4 nitrogen and oxygen atoms in total. The highest BCUT2D eigenvalue weighted by atomic mass is 32.1. The second kappa shape index (κ2) is 6.22. The summed E-state index contributed by atoms with van der Waals surface area (Å²) >= 11 is 1.54. The van der Waals surface area contributed by atoms with E-state index in [2.05, 4.69) is 25.7 Å². The molecule has 0 N–H and O–H groups in total. The van der Waals surface area contributed by atoms with Gasteiger partial charge in [0.1, 0.15) is 0 Å². The zero-order chi connectivity index (χ0) is 14.8. The van der Waals surface area contributed by atoms with Crippen molar-refractivity contribution in [2.75, 3.05) is 31.2 Å². The van der Waals surface area contributed by atoms with Gasteiger partial charge in [0.25, 0.3) is 0 Å². The van der Waals surface area contributed by atoms with Gasteiger partial charge in [-0.05, 0) is 25.7 Å². The molecule has 0 saturated carbocycles. The first-order chi connectivity index (χ1) is 9.46. The van der Waals surface area contributed by atoms with Crippen LogP contribution in [0.3, 0.4) is 0 Å². The van der Waals surface area contributed by atoms with Crippen LogP contribution in [-0.4, -0.2) is 37.1 Å². The zero-order valence-electron chi connectivity index (χ0n) is 12.9. The number of ether oxygens (including phenoxy) is 1. The summed E-state index contributed by atoms with van der Waals surface area (Å²) in [5, 5.41) is 0.961. The summed E-state index contributed by atoms with van der Waals surface area (Å²) in [6.07, 6.45) is 1.53. The standard InChI is InChI=1S/C15H24N2O2S/c1-5-17(7-8-19-6-2)14-16-11-9-15(3,4)10-12(18)13(11)20-14/h5-10H2,1-4H3. The van der Waals surface area contributed by atoms with Gasteiger partial charge in [0.15, 0.2) is 10.9 Å². The quantitative estimate of drug-likeness (QED) is 0.756. The maximum Gasteiger partial charge on any atom is 0.186 e. The summed E-state index contributed by atoms with van der Waals surface area (Å²) in [4.78, 5) is 20.0. The number of nitrogens with zero attached hydrogens (tertiary/aromatic N) is 2. The Kier molecular flexibility index (Phi) is 4.81. The van der Waals surface area contributed by atoms with Gasteiger partial charge in [0.2, 0.25) is 0 Å². The minimum absolute atomic E-state index is 0.0395. The van der Waals surface area contributed by atoms with Crippen LogP contribution in [0.5, 0.6) is 0 Å². The summed E-state index contributed by atoms with van der Waals surface area (Å²) < 4.78 is 5.41. The SMILES string of the molecule is CCOCCN(CC)c1nc2c(s1)C(=O)CC(C)(C)C2. The highest BCUT2D eigenvalue weighted by Crippen LogP contribution is 2.39. The molecule has 0 radical (unpaired) electrons. The third kappa shape index (κ3) is 3.38. The largest absolute Gasteiger partial charge is 0.380 e. The van der Waals surface area contributed by atoms with Crippen LogP contribution in [0.4, 0.5) is 5.13 Å². The molecule has 0 spiro atoms. The van der Waals surface area contributed by atoms with Gasteiger partial charge in [-0.2, -0.15) is 0 Å². The van der Waals surface area contributed by atoms with Crippen LogP contribution in [0.15, 0.2) is 0 Å². The van der Waals surface area contributed by atoms with E-state index in [-0.39, 0.29) is 11.2 Å². The number of aromatic nitrogens is 1. The Morgan fingerprint density at radius 2 is 2.10 bits per heavy atom. The summed E-state index contributed by atoms with van der Waals surface area (Å²) in [6, 6.07) is 0. The Balaban J connectivity index is 2.16. The number of likely N-dealkylation sites (N-methyl/N-ethyl adjacent to an activating group) is 1. The lowest BCUT2D eigenvalue weighted by atomic mass is 9.78. The Hall–Kier alpha value is -0.940. The van der Waals surface area contributed by atoms with E-state index in [1.807, 2.05) is 6.92 Å². The van der Waals surface area contributed by atoms with Gasteiger partial charge in [-0.1, -0.05) is 25.2 Å². The molecule has 1 heterocycles. The summed E-state index contributed by atoms with van der Waals surface area (Å²) in [6.45, 7) is 11.5. The number of hydrogen-bond donors (Lipinski definition) is 0. The van der Waals surface area contributed by atoms with E-state index in [0.29, 0.717) is 13.0 Å². The van der Waals surface area contributed by atoms with Crippen molar-refractivity contribution in [3.05, 3.63) is 10.6 Å². The number of anilines is 1. The lowest BCUT2D eigenvalue weighted by Crippen LogP contribution is -2.27. The van der Waals surface area contributed by atoms with Gasteiger partial charge in [-0.25, -0.2) is 4.98 Å². The maximum atomic E-state index is 12.2. The van der Waals surface area contributed by atoms with Gasteiger partial charge in [0.05, 0.1) is 17.2 Å². The van der Waals surface area contributed by atoms with Crippen LogP contribution >= 0.6 is 11.3 Å². The molecular formula is C15H24N2O2S. The van der Waals surface area contributed by atoms with E-state index < -0.39 is 0 Å². The molecule has 0 saturated heterocycles. The fourth-order valence-corrected chi connectivity index (χ4v) is 3.66. The third-order valence-electron chi connectivity index (χ3n) is 3.59. The van der Waals surface area contributed by atoms with Gasteiger partial charge in [0, 0.05) is 26.1 Å². The van der Waals surface area contributed by atoms with Gasteiger partial charge < -0.3 is 9.64 Å². The van der Waals surface area contributed by atoms with Crippen LogP contribution in [0.1, 0.15) is 49.5 Å². The van der Waals surface area contributed by atoms with Crippen molar-refractivity contribution in [3.63, 3.8) is 0 Å². The molecule has 0 aliphatic heterocycles. The normalized spacial score (nSPS) is 17.1. The topological polar surface area (TPSA) is 42.4 Å². The summed E-state index contributed by atoms with van der Waals surface area (Å²) in [5.74, 6) is 0.251. The number of Topliss-reactive ketones (excluding diaryl/α,β-unsaturated/α-hetero) is 1. The number of carbonyl (C=O) groups excluding carboxylic acids is 1. The lowest BCUT2D eigenvalue weighted by molar-refractivity contribution is 0.0916. The number of carbonyl (C=O) groups is 1. The minimum atomic E-state index is 0.0395. The summed E-state index contributed by atoms with van der Waals surface area (Å²) in [7, 11) is 0. The van der Waals surface area contributed by atoms with E-state index in [4.69, 9.17) is 9.72 Å². The number of rotatable bonds is 6. The minimum Gasteiger partial charge on any atom is -0.380 e. The molecule has 1 aliphatic carbocycles. The fraction of sp³-hybridized carbons (Fsp3) is 0.733. The molecule has 0 amide bonds. The Labute approximate surface area is 125 Å². The number of hydrogen-bond acceptors (Lipinski definition) is 5. The average molecular weight is 296 g/mol. The van der Waals surface area contributed by atoms with Crippen LogP contribution in [0.2, 0.25) is 0 Å². The molecule has 1 aliphatic rings. The predicted molar refractivity (Wildman–Crippen MR) is 82.9 cm³/mol. The summed E-state index contributed by atoms with van der Waals surface area (Å²) in [5.41, 5.74) is 1.03. The highest BCUT2D eigenvalue weighted by Gasteiger charge is 2.34. The number of thiazole rings is 1. The molecule has 0 fully saturated rings. The van der Waals surface area contributed by atoms with E-state index in [9.17, 15) is 4.79 Å². The molecule has 2 rings (SSSR count). The third-order valence-corrected chi connectivity index (χ3v) is 4.79. The fourth-order valence-electron chi connectivity index (χ4n) is 2.55. The van der Waals surface area contributed by atoms with E-state index in [1.165, 1.54) is 0 Å². The van der Waals surface area contributed by atoms with Crippen LogP contribution < -0.4 is 4.90 Å². The van der Waals surface area contributed by atoms with Crippen LogP contribution in [0, 0.1) is 5.41 Å². The lowest BCUT2D eigenvalue weighted by Gasteiger charge is -2.26. The van der Waals surface area contributed by atoms with Crippen molar-refractivity contribution in [1.82, 2.24) is 4.98 Å². The Morgan fingerprint density at radius 1 is 1.35 bits per heavy atom. The molecule has 112 valence electrons. The molecule has 5 heteroatoms. The van der Waals surface area contributed by atoms with Gasteiger partial charge in [-0.15, -0.1) is 0 Å². The van der Waals surface area contributed by atoms with E-state index >= 15 is 0 Å². The van der Waals surface area contributed by atoms with E-state index in [0.717, 1.165) is 41.8 Å². The molecular weight excluding hydrogens is 272 g/mol. The highest BCUT2D eigenvalue weighted by molar-refractivity contribution is 7.17. The second-order valence-electron chi connectivity index (χ2n) is 5.99. The number of fused-ring (bicyclic) bond motifs is 1. The first-order valence-corrected chi connectivity index (χ1v) is 8.14. The number of ketones is 1. The van der Waals surface area contributed by atoms with Crippen molar-refractivity contribution >= 4 is 22.3 Å². The molecule has 0 aromatic carbocycles. The van der Waals surface area contributed by atoms with Crippen LogP contribution in [-0.2, 0) is 11.2 Å². The van der Waals surface area contributed by atoms with Crippen molar-refractivity contribution < 1.29 is 9.53 Å². The molecule has 1 aromatic heterocycles. The average Bonchev–Trinajstić information content (AvgIpc) is 2.77. The van der Waals surface area contributed by atoms with Gasteiger partial charge >= 0.3 is 0 Å². The molecule has 0 unspecified atom stereocenters. The van der Waals surface area contributed by atoms with Crippen molar-refractivity contribution in [1.29, 1.82) is 0 Å². The molecule has 1 aromatic rings. The van der Waals surface area contributed by atoms with Crippen molar-refractivity contribution in [3.8, 4) is 0 Å². The molecule has 0 atom stereocenters. The smallest absolute Gasteiger partial charge is 0.186 e. The van der Waals surface area contributed by atoms with E-state index in [1.54, 1.807) is 11.3 Å². The predicted octanol–water partition coefficient (Wildman–Crippen LogP) is 3.16. The molecule has 20 heavy (non-hydrogen) atoms. The van der Waals surface area contributed by atoms with Crippen molar-refractivity contribution in [2.24, 2.45) is 5.41 Å². The zero-order valence-corrected chi connectivity index (χ0v) is 13.7. The maximum absolute atomic E-state index is 12.2. The van der Waals surface area contributed by atoms with Crippen molar-refractivity contribution in [2.45, 2.75) is 40.5 Å². The first-order valence-electron chi connectivity index (χ1n) is 7.32.